The van der Waals surface area contributed by atoms with Crippen molar-refractivity contribution < 1.29 is 14.9 Å². The average molecular weight is 253 g/mol. The number of aliphatic hydroxyl groups excluding tert-OH is 2. The molecule has 0 aliphatic heterocycles. The van der Waals surface area contributed by atoms with Gasteiger partial charge in [0.05, 0.1) is 25.6 Å². The SMILES string of the molecule is C[C@@H](CO)O[C@@H](CO)n1cnc2c(N)ncnc21. The second-order valence-corrected chi connectivity index (χ2v) is 3.85. The predicted molar refractivity (Wildman–Crippen MR) is 63.5 cm³/mol. The number of imidazole rings is 1. The Labute approximate surface area is 103 Å². The molecule has 2 heterocycles. The fraction of sp³-hybridized carbons (Fsp3) is 0.500. The van der Waals surface area contributed by atoms with Crippen LogP contribution in [-0.2, 0) is 4.74 Å². The van der Waals surface area contributed by atoms with Gasteiger partial charge in [0.2, 0.25) is 0 Å². The van der Waals surface area contributed by atoms with Crippen LogP contribution in [0.5, 0.6) is 0 Å². The highest BCUT2D eigenvalue weighted by Crippen LogP contribution is 2.20. The molecule has 0 saturated heterocycles. The van der Waals surface area contributed by atoms with Gasteiger partial charge in [0, 0.05) is 0 Å². The summed E-state index contributed by atoms with van der Waals surface area (Å²) in [6.45, 7) is 1.30. The lowest BCUT2D eigenvalue weighted by Gasteiger charge is -2.20. The Bertz CT molecular complexity index is 529. The molecular weight excluding hydrogens is 238 g/mol. The summed E-state index contributed by atoms with van der Waals surface area (Å²) in [6, 6.07) is 0. The van der Waals surface area contributed by atoms with Crippen LogP contribution in [0.2, 0.25) is 0 Å². The van der Waals surface area contributed by atoms with Crippen molar-refractivity contribution in [2.45, 2.75) is 19.3 Å². The highest BCUT2D eigenvalue weighted by molar-refractivity contribution is 5.81. The largest absolute Gasteiger partial charge is 0.394 e. The molecule has 0 radical (unpaired) electrons. The minimum atomic E-state index is -0.675. The number of nitrogen functional groups attached to an aromatic ring is 1. The highest BCUT2D eigenvalue weighted by Gasteiger charge is 2.18. The molecule has 8 nitrogen and oxygen atoms in total. The highest BCUT2D eigenvalue weighted by atomic mass is 16.5. The monoisotopic (exact) mass is 253 g/mol. The van der Waals surface area contributed by atoms with Gasteiger partial charge in [-0.3, -0.25) is 4.57 Å². The number of anilines is 1. The number of rotatable bonds is 5. The van der Waals surface area contributed by atoms with Gasteiger partial charge in [-0.25, -0.2) is 15.0 Å². The first-order chi connectivity index (χ1) is 8.67. The smallest absolute Gasteiger partial charge is 0.167 e. The van der Waals surface area contributed by atoms with Gasteiger partial charge in [-0.1, -0.05) is 0 Å². The van der Waals surface area contributed by atoms with Gasteiger partial charge < -0.3 is 20.7 Å². The molecule has 4 N–H and O–H groups in total. The van der Waals surface area contributed by atoms with Crippen molar-refractivity contribution in [3.8, 4) is 0 Å². The number of nitrogens with two attached hydrogens (primary N) is 1. The summed E-state index contributed by atoms with van der Waals surface area (Å²) in [4.78, 5) is 12.0. The Hall–Kier alpha value is -1.77. The van der Waals surface area contributed by atoms with Crippen LogP contribution in [-0.4, -0.2) is 49.0 Å². The van der Waals surface area contributed by atoms with E-state index >= 15 is 0 Å². The first-order valence-corrected chi connectivity index (χ1v) is 5.47. The number of fused-ring (bicyclic) bond motifs is 1. The Kier molecular flexibility index (Phi) is 3.70. The van der Waals surface area contributed by atoms with E-state index in [1.807, 2.05) is 0 Å². The third kappa shape index (κ3) is 2.26. The van der Waals surface area contributed by atoms with Gasteiger partial charge in [0.15, 0.2) is 17.7 Å². The van der Waals surface area contributed by atoms with Crippen LogP contribution >= 0.6 is 0 Å². The van der Waals surface area contributed by atoms with Crippen LogP contribution in [0.25, 0.3) is 11.2 Å². The Balaban J connectivity index is 2.37. The summed E-state index contributed by atoms with van der Waals surface area (Å²) in [6.07, 6.45) is 1.71. The summed E-state index contributed by atoms with van der Waals surface area (Å²) in [7, 11) is 0. The van der Waals surface area contributed by atoms with E-state index in [4.69, 9.17) is 15.6 Å². The van der Waals surface area contributed by atoms with Crippen molar-refractivity contribution in [3.63, 3.8) is 0 Å². The molecule has 2 aromatic rings. The zero-order valence-electron chi connectivity index (χ0n) is 9.89. The van der Waals surface area contributed by atoms with E-state index in [1.165, 1.54) is 12.7 Å². The molecule has 2 aromatic heterocycles. The summed E-state index contributed by atoms with van der Waals surface area (Å²) in [5.74, 6) is 0.269. The number of nitrogens with zero attached hydrogens (tertiary/aromatic N) is 4. The third-order valence-corrected chi connectivity index (χ3v) is 2.50. The molecule has 0 bridgehead atoms. The first kappa shape index (κ1) is 12.7. The number of hydrogen-bond acceptors (Lipinski definition) is 7. The van der Waals surface area contributed by atoms with Crippen LogP contribution in [0.3, 0.4) is 0 Å². The maximum Gasteiger partial charge on any atom is 0.167 e. The molecule has 0 saturated carbocycles. The average Bonchev–Trinajstić information content (AvgIpc) is 2.81. The van der Waals surface area contributed by atoms with Crippen molar-refractivity contribution in [2.75, 3.05) is 18.9 Å². The standard InChI is InChI=1S/C10H15N5O3/c1-6(2-16)18-7(3-17)15-5-14-8-9(11)12-4-13-10(8)15/h4-7,16-17H,2-3H2,1H3,(H2,11,12,13)/t6-,7-/m0/s1. The van der Waals surface area contributed by atoms with E-state index in [0.29, 0.717) is 11.2 Å². The number of aliphatic hydroxyl groups is 2. The quantitative estimate of drug-likeness (QED) is 0.644. The first-order valence-electron chi connectivity index (χ1n) is 5.47. The molecule has 0 spiro atoms. The van der Waals surface area contributed by atoms with Gasteiger partial charge in [-0.05, 0) is 6.92 Å². The molecule has 0 aliphatic rings. The van der Waals surface area contributed by atoms with E-state index in [0.717, 1.165) is 0 Å². The molecule has 2 rings (SSSR count). The van der Waals surface area contributed by atoms with Crippen LogP contribution in [0, 0.1) is 0 Å². The molecule has 0 unspecified atom stereocenters. The predicted octanol–water partition coefficient (Wildman–Crippen LogP) is -0.703. The van der Waals surface area contributed by atoms with Gasteiger partial charge in [0.25, 0.3) is 0 Å². The Morgan fingerprint density at radius 2 is 2.11 bits per heavy atom. The lowest BCUT2D eigenvalue weighted by atomic mass is 10.4. The molecule has 0 amide bonds. The zero-order valence-corrected chi connectivity index (χ0v) is 9.89. The van der Waals surface area contributed by atoms with Crippen molar-refractivity contribution in [3.05, 3.63) is 12.7 Å². The lowest BCUT2D eigenvalue weighted by Crippen LogP contribution is -2.24. The number of ether oxygens (including phenoxy) is 1. The fourth-order valence-electron chi connectivity index (χ4n) is 1.59. The zero-order chi connectivity index (χ0) is 13.1. The molecule has 8 heteroatoms. The van der Waals surface area contributed by atoms with Crippen LogP contribution in [0.15, 0.2) is 12.7 Å². The second-order valence-electron chi connectivity index (χ2n) is 3.85. The van der Waals surface area contributed by atoms with Crippen molar-refractivity contribution in [1.29, 1.82) is 0 Å². The molecule has 0 aromatic carbocycles. The van der Waals surface area contributed by atoms with Crippen LogP contribution < -0.4 is 5.73 Å². The van der Waals surface area contributed by atoms with Gasteiger partial charge in [-0.2, -0.15) is 0 Å². The molecule has 0 aliphatic carbocycles. The molecule has 98 valence electrons. The number of aromatic nitrogens is 4. The minimum absolute atomic E-state index is 0.139. The summed E-state index contributed by atoms with van der Waals surface area (Å²) < 4.78 is 7.02. The molecule has 18 heavy (non-hydrogen) atoms. The van der Waals surface area contributed by atoms with E-state index in [-0.39, 0.29) is 19.0 Å². The van der Waals surface area contributed by atoms with E-state index in [9.17, 15) is 5.11 Å². The van der Waals surface area contributed by atoms with Gasteiger partial charge in [-0.15, -0.1) is 0 Å². The second kappa shape index (κ2) is 5.25. The van der Waals surface area contributed by atoms with Crippen LogP contribution in [0.1, 0.15) is 13.2 Å². The summed E-state index contributed by atoms with van der Waals surface area (Å²) in [5, 5.41) is 18.3. The third-order valence-electron chi connectivity index (χ3n) is 2.50. The maximum absolute atomic E-state index is 9.34. The maximum atomic E-state index is 9.34. The summed E-state index contributed by atoms with van der Waals surface area (Å²) in [5.41, 5.74) is 6.60. The van der Waals surface area contributed by atoms with Crippen molar-refractivity contribution in [1.82, 2.24) is 19.5 Å². The topological polar surface area (TPSA) is 119 Å². The Morgan fingerprint density at radius 3 is 2.78 bits per heavy atom. The minimum Gasteiger partial charge on any atom is -0.394 e. The Morgan fingerprint density at radius 1 is 1.33 bits per heavy atom. The molecule has 2 atom stereocenters. The van der Waals surface area contributed by atoms with E-state index in [1.54, 1.807) is 11.5 Å². The molecular formula is C10H15N5O3. The van der Waals surface area contributed by atoms with E-state index in [2.05, 4.69) is 15.0 Å². The van der Waals surface area contributed by atoms with Crippen molar-refractivity contribution in [2.24, 2.45) is 0 Å². The fourth-order valence-corrected chi connectivity index (χ4v) is 1.59. The summed E-state index contributed by atoms with van der Waals surface area (Å²) >= 11 is 0. The van der Waals surface area contributed by atoms with Crippen LogP contribution in [0.4, 0.5) is 5.82 Å². The molecule has 0 fully saturated rings. The van der Waals surface area contributed by atoms with E-state index < -0.39 is 12.3 Å². The van der Waals surface area contributed by atoms with Crippen molar-refractivity contribution >= 4 is 17.0 Å². The lowest BCUT2D eigenvalue weighted by molar-refractivity contribution is -0.0871. The number of hydrogen-bond donors (Lipinski definition) is 3. The normalized spacial score (nSPS) is 14.8. The van der Waals surface area contributed by atoms with Gasteiger partial charge in [0.1, 0.15) is 11.8 Å². The van der Waals surface area contributed by atoms with Gasteiger partial charge >= 0.3 is 0 Å².